The van der Waals surface area contributed by atoms with Crippen LogP contribution in [0.1, 0.15) is 38.7 Å². The summed E-state index contributed by atoms with van der Waals surface area (Å²) in [6, 6.07) is 5.08. The normalized spacial score (nSPS) is 18.1. The fraction of sp³-hybridized carbons (Fsp3) is 0.588. The average molecular weight is 407 g/mol. The minimum Gasteiger partial charge on any atom is -0.353 e. The molecule has 1 saturated heterocycles. The maximum Gasteiger partial charge on any atom is 0.223 e. The Morgan fingerprint density at radius 3 is 2.36 bits per heavy atom. The number of halogens is 2. The molecule has 1 aliphatic rings. The first-order valence-corrected chi connectivity index (χ1v) is 10.8. The van der Waals surface area contributed by atoms with E-state index in [1.54, 1.807) is 18.2 Å². The Morgan fingerprint density at radius 1 is 1.28 bits per heavy atom. The number of nitrogens with one attached hydrogen (secondary N) is 1. The SMILES string of the molecule is CCC(C)NC(=O)C1CCN(S(=O)(=O)Cc2c(Cl)cccc2Cl)CC1. The van der Waals surface area contributed by atoms with Gasteiger partial charge in [-0.1, -0.05) is 36.2 Å². The van der Waals surface area contributed by atoms with Crippen LogP contribution in [0.5, 0.6) is 0 Å². The Labute approximate surface area is 159 Å². The van der Waals surface area contributed by atoms with Gasteiger partial charge in [0.2, 0.25) is 15.9 Å². The Kier molecular flexibility index (Phi) is 7.14. The fourth-order valence-corrected chi connectivity index (χ4v) is 5.12. The third-order valence-electron chi connectivity index (χ3n) is 4.61. The lowest BCUT2D eigenvalue weighted by Gasteiger charge is -2.31. The first kappa shape index (κ1) is 20.5. The first-order chi connectivity index (χ1) is 11.7. The van der Waals surface area contributed by atoms with E-state index >= 15 is 0 Å². The minimum atomic E-state index is -3.53. The van der Waals surface area contributed by atoms with Gasteiger partial charge >= 0.3 is 0 Å². The Hall–Kier alpha value is -0.820. The van der Waals surface area contributed by atoms with E-state index in [1.165, 1.54) is 4.31 Å². The molecule has 140 valence electrons. The standard InChI is InChI=1S/C17H24Cl2N2O3S/c1-3-12(2)20-17(22)13-7-9-21(10-8-13)25(23,24)11-14-15(18)5-4-6-16(14)19/h4-6,12-13H,3,7-11H2,1-2H3,(H,20,22). The number of benzene rings is 1. The minimum absolute atomic E-state index is 0.0144. The highest BCUT2D eigenvalue weighted by molar-refractivity contribution is 7.88. The van der Waals surface area contributed by atoms with Crippen molar-refractivity contribution in [2.24, 2.45) is 5.92 Å². The number of rotatable bonds is 6. The lowest BCUT2D eigenvalue weighted by Crippen LogP contribution is -2.45. The van der Waals surface area contributed by atoms with Crippen LogP contribution >= 0.6 is 23.2 Å². The van der Waals surface area contributed by atoms with E-state index in [0.29, 0.717) is 41.5 Å². The van der Waals surface area contributed by atoms with Gasteiger partial charge in [-0.3, -0.25) is 4.79 Å². The Bertz CT molecular complexity index is 696. The van der Waals surface area contributed by atoms with E-state index in [1.807, 2.05) is 13.8 Å². The number of piperidine rings is 1. The molecule has 0 aliphatic carbocycles. The molecule has 2 rings (SSSR count). The molecule has 1 fully saturated rings. The summed E-state index contributed by atoms with van der Waals surface area (Å²) in [5.74, 6) is -0.347. The molecule has 0 saturated carbocycles. The van der Waals surface area contributed by atoms with Gasteiger partial charge in [0.15, 0.2) is 0 Å². The number of carbonyl (C=O) groups is 1. The number of amides is 1. The van der Waals surface area contributed by atoms with Crippen molar-refractivity contribution in [1.29, 1.82) is 0 Å². The van der Waals surface area contributed by atoms with Crippen molar-refractivity contribution < 1.29 is 13.2 Å². The quantitative estimate of drug-likeness (QED) is 0.786. The highest BCUT2D eigenvalue weighted by Gasteiger charge is 2.32. The van der Waals surface area contributed by atoms with Gasteiger partial charge in [0.05, 0.1) is 5.75 Å². The maximum absolute atomic E-state index is 12.7. The van der Waals surface area contributed by atoms with Crippen LogP contribution in [-0.2, 0) is 20.6 Å². The molecule has 1 aromatic rings. The summed E-state index contributed by atoms with van der Waals surface area (Å²) < 4.78 is 26.8. The third-order valence-corrected chi connectivity index (χ3v) is 7.12. The van der Waals surface area contributed by atoms with Crippen molar-refractivity contribution in [3.05, 3.63) is 33.8 Å². The van der Waals surface area contributed by atoms with Crippen LogP contribution < -0.4 is 5.32 Å². The predicted octanol–water partition coefficient (Wildman–Crippen LogP) is 3.45. The topological polar surface area (TPSA) is 66.5 Å². The zero-order valence-corrected chi connectivity index (χ0v) is 16.8. The summed E-state index contributed by atoms with van der Waals surface area (Å²) in [7, 11) is -3.53. The zero-order valence-electron chi connectivity index (χ0n) is 14.5. The Balaban J connectivity index is 1.98. The zero-order chi connectivity index (χ0) is 18.6. The molecule has 1 N–H and O–H groups in total. The largest absolute Gasteiger partial charge is 0.353 e. The molecule has 0 bridgehead atoms. The second-order valence-corrected chi connectivity index (χ2v) is 9.23. The van der Waals surface area contributed by atoms with Gasteiger partial charge in [-0.2, -0.15) is 0 Å². The van der Waals surface area contributed by atoms with Crippen LogP contribution in [-0.4, -0.2) is 37.8 Å². The van der Waals surface area contributed by atoms with Crippen LogP contribution in [0.15, 0.2) is 18.2 Å². The van der Waals surface area contributed by atoms with Crippen LogP contribution in [0.2, 0.25) is 10.0 Å². The molecule has 0 spiro atoms. The molecule has 1 aliphatic heterocycles. The van der Waals surface area contributed by atoms with Gasteiger partial charge < -0.3 is 5.32 Å². The number of hydrogen-bond donors (Lipinski definition) is 1. The lowest BCUT2D eigenvalue weighted by molar-refractivity contribution is -0.126. The number of hydrogen-bond acceptors (Lipinski definition) is 3. The van der Waals surface area contributed by atoms with Gasteiger partial charge in [0.25, 0.3) is 0 Å². The molecule has 1 aromatic carbocycles. The van der Waals surface area contributed by atoms with Crippen molar-refractivity contribution in [3.63, 3.8) is 0 Å². The molecule has 1 heterocycles. The summed E-state index contributed by atoms with van der Waals surface area (Å²) in [6.45, 7) is 4.65. The maximum atomic E-state index is 12.7. The molecule has 1 amide bonds. The van der Waals surface area contributed by atoms with E-state index < -0.39 is 10.0 Å². The van der Waals surface area contributed by atoms with E-state index in [9.17, 15) is 13.2 Å². The fourth-order valence-electron chi connectivity index (χ4n) is 2.80. The molecule has 25 heavy (non-hydrogen) atoms. The molecule has 5 nitrogen and oxygen atoms in total. The van der Waals surface area contributed by atoms with Crippen molar-refractivity contribution in [3.8, 4) is 0 Å². The van der Waals surface area contributed by atoms with Crippen molar-refractivity contribution in [2.45, 2.75) is 44.9 Å². The highest BCUT2D eigenvalue weighted by atomic mass is 35.5. The van der Waals surface area contributed by atoms with Crippen LogP contribution in [0.25, 0.3) is 0 Å². The van der Waals surface area contributed by atoms with Crippen LogP contribution in [0, 0.1) is 5.92 Å². The number of sulfonamides is 1. The Morgan fingerprint density at radius 2 is 1.84 bits per heavy atom. The average Bonchev–Trinajstić information content (AvgIpc) is 2.58. The predicted molar refractivity (Wildman–Crippen MR) is 101 cm³/mol. The molecule has 1 atom stereocenters. The van der Waals surface area contributed by atoms with Gasteiger partial charge in [-0.05, 0) is 38.3 Å². The summed E-state index contributed by atoms with van der Waals surface area (Å²) >= 11 is 12.2. The van der Waals surface area contributed by atoms with Crippen LogP contribution in [0.4, 0.5) is 0 Å². The van der Waals surface area contributed by atoms with Gasteiger partial charge in [0, 0.05) is 40.7 Å². The van der Waals surface area contributed by atoms with Crippen LogP contribution in [0.3, 0.4) is 0 Å². The first-order valence-electron chi connectivity index (χ1n) is 8.45. The summed E-state index contributed by atoms with van der Waals surface area (Å²) in [4.78, 5) is 12.2. The lowest BCUT2D eigenvalue weighted by atomic mass is 9.97. The monoisotopic (exact) mass is 406 g/mol. The van der Waals surface area contributed by atoms with E-state index in [0.717, 1.165) is 6.42 Å². The van der Waals surface area contributed by atoms with Crippen molar-refractivity contribution >= 4 is 39.1 Å². The summed E-state index contributed by atoms with van der Waals surface area (Å²) in [5.41, 5.74) is 0.419. The van der Waals surface area contributed by atoms with Gasteiger partial charge in [-0.15, -0.1) is 0 Å². The van der Waals surface area contributed by atoms with E-state index in [2.05, 4.69) is 5.32 Å². The molecule has 0 radical (unpaired) electrons. The number of nitrogens with zero attached hydrogens (tertiary/aromatic N) is 1. The molecule has 1 unspecified atom stereocenters. The van der Waals surface area contributed by atoms with Crippen molar-refractivity contribution in [2.75, 3.05) is 13.1 Å². The summed E-state index contributed by atoms with van der Waals surface area (Å²) in [6.07, 6.45) is 1.92. The second kappa shape index (κ2) is 8.71. The summed E-state index contributed by atoms with van der Waals surface area (Å²) in [5, 5.41) is 3.66. The van der Waals surface area contributed by atoms with Gasteiger partial charge in [0.1, 0.15) is 0 Å². The molecular weight excluding hydrogens is 383 g/mol. The van der Waals surface area contributed by atoms with Gasteiger partial charge in [-0.25, -0.2) is 12.7 Å². The number of carbonyl (C=O) groups excluding carboxylic acids is 1. The molecule has 0 aromatic heterocycles. The van der Waals surface area contributed by atoms with Crippen molar-refractivity contribution in [1.82, 2.24) is 9.62 Å². The van der Waals surface area contributed by atoms with E-state index in [4.69, 9.17) is 23.2 Å². The highest BCUT2D eigenvalue weighted by Crippen LogP contribution is 2.29. The molecule has 8 heteroatoms. The van der Waals surface area contributed by atoms with E-state index in [-0.39, 0.29) is 23.6 Å². The molecular formula is C17H24Cl2N2O3S. The third kappa shape index (κ3) is 5.33. The second-order valence-electron chi connectivity index (χ2n) is 6.45. The smallest absolute Gasteiger partial charge is 0.223 e.